The van der Waals surface area contributed by atoms with Gasteiger partial charge in [0.05, 0.1) is 5.41 Å². The molecule has 0 unspecified atom stereocenters. The molecule has 3 heteroatoms. The van der Waals surface area contributed by atoms with Gasteiger partial charge in [0.15, 0.2) is 0 Å². The van der Waals surface area contributed by atoms with Gasteiger partial charge in [-0.2, -0.15) is 0 Å². The van der Waals surface area contributed by atoms with Gasteiger partial charge in [0.1, 0.15) is 0 Å². The lowest BCUT2D eigenvalue weighted by Gasteiger charge is -2.16. The minimum atomic E-state index is -0.335. The summed E-state index contributed by atoms with van der Waals surface area (Å²) in [6.45, 7) is 2.64. The fourth-order valence-electron chi connectivity index (χ4n) is 2.63. The number of hydrogen-bond donors (Lipinski definition) is 2. The van der Waals surface area contributed by atoms with Crippen molar-refractivity contribution in [2.24, 2.45) is 0 Å². The molecular formula is C18H20N2O. The van der Waals surface area contributed by atoms with Crippen LogP contribution in [-0.2, 0) is 16.8 Å². The first-order chi connectivity index (χ1) is 10.1. The largest absolute Gasteiger partial charge is 0.399 e. The van der Waals surface area contributed by atoms with Crippen LogP contribution in [-0.4, -0.2) is 5.91 Å². The number of nitrogens with two attached hydrogens (primary N) is 1. The number of carbonyl (C=O) groups excluding carboxylic acids is 1. The highest BCUT2D eigenvalue weighted by Crippen LogP contribution is 2.48. The fourth-order valence-corrected chi connectivity index (χ4v) is 2.63. The van der Waals surface area contributed by atoms with Crippen LogP contribution in [0, 0.1) is 6.92 Å². The summed E-state index contributed by atoms with van der Waals surface area (Å²) < 4.78 is 0. The first kappa shape index (κ1) is 13.7. The Balaban J connectivity index is 1.67. The highest BCUT2D eigenvalue weighted by Gasteiger charge is 2.50. The molecule has 3 nitrogen and oxygen atoms in total. The summed E-state index contributed by atoms with van der Waals surface area (Å²) in [4.78, 5) is 12.5. The Kier molecular flexibility index (Phi) is 3.42. The number of anilines is 1. The summed E-state index contributed by atoms with van der Waals surface area (Å²) in [5, 5.41) is 3.06. The third kappa shape index (κ3) is 2.77. The normalized spacial score (nSPS) is 15.5. The lowest BCUT2D eigenvalue weighted by Crippen LogP contribution is -2.34. The molecule has 0 radical (unpaired) electrons. The Bertz CT molecular complexity index is 640. The Labute approximate surface area is 125 Å². The summed E-state index contributed by atoms with van der Waals surface area (Å²) in [5.74, 6) is 0.118. The van der Waals surface area contributed by atoms with Gasteiger partial charge in [-0.3, -0.25) is 4.79 Å². The van der Waals surface area contributed by atoms with Crippen LogP contribution in [0.1, 0.15) is 29.5 Å². The maximum absolute atomic E-state index is 12.5. The predicted octanol–water partition coefficient (Wildman–Crippen LogP) is 2.93. The van der Waals surface area contributed by atoms with Crippen LogP contribution in [0.25, 0.3) is 0 Å². The molecule has 0 aliphatic heterocycles. The van der Waals surface area contributed by atoms with Gasteiger partial charge in [0.2, 0.25) is 5.91 Å². The molecule has 3 rings (SSSR count). The van der Waals surface area contributed by atoms with Crippen LogP contribution < -0.4 is 11.1 Å². The van der Waals surface area contributed by atoms with Crippen LogP contribution >= 0.6 is 0 Å². The van der Waals surface area contributed by atoms with Crippen molar-refractivity contribution in [3.8, 4) is 0 Å². The van der Waals surface area contributed by atoms with Crippen molar-refractivity contribution in [2.75, 3.05) is 5.73 Å². The molecule has 0 heterocycles. The summed E-state index contributed by atoms with van der Waals surface area (Å²) in [5.41, 5.74) is 9.53. The minimum Gasteiger partial charge on any atom is -0.399 e. The second kappa shape index (κ2) is 5.24. The van der Waals surface area contributed by atoms with E-state index in [4.69, 9.17) is 5.73 Å². The SMILES string of the molecule is Cc1ccc(CNC(=O)C2(c3ccc(N)cc3)CC2)cc1. The van der Waals surface area contributed by atoms with Gasteiger partial charge >= 0.3 is 0 Å². The Hall–Kier alpha value is -2.29. The molecule has 1 aliphatic carbocycles. The number of benzene rings is 2. The van der Waals surface area contributed by atoms with Gasteiger partial charge < -0.3 is 11.1 Å². The maximum Gasteiger partial charge on any atom is 0.230 e. The number of nitrogen functional groups attached to an aromatic ring is 1. The van der Waals surface area contributed by atoms with E-state index in [1.807, 2.05) is 24.3 Å². The van der Waals surface area contributed by atoms with E-state index in [2.05, 4.69) is 36.5 Å². The third-order valence-corrected chi connectivity index (χ3v) is 4.22. The molecule has 1 saturated carbocycles. The summed E-state index contributed by atoms with van der Waals surface area (Å²) in [6.07, 6.45) is 1.83. The monoisotopic (exact) mass is 280 g/mol. The quantitative estimate of drug-likeness (QED) is 0.846. The molecule has 0 aromatic heterocycles. The molecule has 0 spiro atoms. The Morgan fingerprint density at radius 3 is 2.29 bits per heavy atom. The van der Waals surface area contributed by atoms with E-state index in [0.29, 0.717) is 6.54 Å². The van der Waals surface area contributed by atoms with E-state index in [1.54, 1.807) is 0 Å². The first-order valence-electron chi connectivity index (χ1n) is 7.30. The molecule has 3 N–H and O–H groups in total. The van der Waals surface area contributed by atoms with Crippen molar-refractivity contribution >= 4 is 11.6 Å². The topological polar surface area (TPSA) is 55.1 Å². The number of carbonyl (C=O) groups is 1. The number of hydrogen-bond acceptors (Lipinski definition) is 2. The molecule has 0 saturated heterocycles. The van der Waals surface area contributed by atoms with Gasteiger partial charge in [-0.1, -0.05) is 42.0 Å². The molecule has 1 amide bonds. The first-order valence-corrected chi connectivity index (χ1v) is 7.30. The minimum absolute atomic E-state index is 0.118. The van der Waals surface area contributed by atoms with Gasteiger partial charge in [-0.15, -0.1) is 0 Å². The van der Waals surface area contributed by atoms with E-state index in [0.717, 1.165) is 29.7 Å². The van der Waals surface area contributed by atoms with Crippen LogP contribution in [0.3, 0.4) is 0 Å². The standard InChI is InChI=1S/C18H20N2O/c1-13-2-4-14(5-3-13)12-20-17(21)18(10-11-18)15-6-8-16(19)9-7-15/h2-9H,10-12,19H2,1H3,(H,20,21). The van der Waals surface area contributed by atoms with Gasteiger partial charge in [-0.05, 0) is 43.0 Å². The maximum atomic E-state index is 12.5. The second-order valence-corrected chi connectivity index (χ2v) is 5.87. The van der Waals surface area contributed by atoms with Crippen LogP contribution in [0.15, 0.2) is 48.5 Å². The van der Waals surface area contributed by atoms with Gasteiger partial charge in [0.25, 0.3) is 0 Å². The van der Waals surface area contributed by atoms with Crippen LogP contribution in [0.2, 0.25) is 0 Å². The summed E-state index contributed by atoms with van der Waals surface area (Å²) in [7, 11) is 0. The average molecular weight is 280 g/mol. The molecule has 2 aromatic rings. The smallest absolute Gasteiger partial charge is 0.230 e. The van der Waals surface area contributed by atoms with Crippen molar-refractivity contribution in [1.29, 1.82) is 0 Å². The number of aryl methyl sites for hydroxylation is 1. The Morgan fingerprint density at radius 1 is 1.10 bits per heavy atom. The number of rotatable bonds is 4. The molecule has 2 aromatic carbocycles. The number of nitrogens with one attached hydrogen (secondary N) is 1. The molecule has 1 fully saturated rings. The van der Waals surface area contributed by atoms with E-state index in [9.17, 15) is 4.79 Å². The van der Waals surface area contributed by atoms with Crippen molar-refractivity contribution in [3.63, 3.8) is 0 Å². The number of amides is 1. The van der Waals surface area contributed by atoms with E-state index >= 15 is 0 Å². The highest BCUT2D eigenvalue weighted by molar-refractivity contribution is 5.91. The summed E-state index contributed by atoms with van der Waals surface area (Å²) >= 11 is 0. The lowest BCUT2D eigenvalue weighted by atomic mass is 9.94. The van der Waals surface area contributed by atoms with Crippen molar-refractivity contribution in [3.05, 3.63) is 65.2 Å². The molecule has 0 bridgehead atoms. The molecule has 21 heavy (non-hydrogen) atoms. The summed E-state index contributed by atoms with van der Waals surface area (Å²) in [6, 6.07) is 15.9. The molecule has 1 aliphatic rings. The van der Waals surface area contributed by atoms with Crippen molar-refractivity contribution < 1.29 is 4.79 Å². The lowest BCUT2D eigenvalue weighted by molar-refractivity contribution is -0.123. The third-order valence-electron chi connectivity index (χ3n) is 4.22. The van der Waals surface area contributed by atoms with Gasteiger partial charge in [-0.25, -0.2) is 0 Å². The zero-order valence-electron chi connectivity index (χ0n) is 12.2. The second-order valence-electron chi connectivity index (χ2n) is 5.87. The van der Waals surface area contributed by atoms with Crippen LogP contribution in [0.4, 0.5) is 5.69 Å². The highest BCUT2D eigenvalue weighted by atomic mass is 16.2. The van der Waals surface area contributed by atoms with Crippen LogP contribution in [0.5, 0.6) is 0 Å². The molecule has 108 valence electrons. The van der Waals surface area contributed by atoms with Gasteiger partial charge in [0, 0.05) is 12.2 Å². The van der Waals surface area contributed by atoms with E-state index < -0.39 is 0 Å². The zero-order valence-corrected chi connectivity index (χ0v) is 12.2. The van der Waals surface area contributed by atoms with Crippen molar-refractivity contribution in [2.45, 2.75) is 31.7 Å². The molecular weight excluding hydrogens is 260 g/mol. The van der Waals surface area contributed by atoms with E-state index in [1.165, 1.54) is 5.56 Å². The fraction of sp³-hybridized carbons (Fsp3) is 0.278. The zero-order chi connectivity index (χ0) is 14.9. The Morgan fingerprint density at radius 2 is 1.71 bits per heavy atom. The predicted molar refractivity (Wildman–Crippen MR) is 84.8 cm³/mol. The molecule has 0 atom stereocenters. The van der Waals surface area contributed by atoms with E-state index in [-0.39, 0.29) is 11.3 Å². The average Bonchev–Trinajstić information content (AvgIpc) is 3.29. The van der Waals surface area contributed by atoms with Crippen molar-refractivity contribution in [1.82, 2.24) is 5.32 Å².